The van der Waals surface area contributed by atoms with E-state index in [4.69, 9.17) is 0 Å². The van der Waals surface area contributed by atoms with Crippen LogP contribution in [0.15, 0.2) is 18.3 Å². The zero-order valence-corrected chi connectivity index (χ0v) is 6.26. The highest BCUT2D eigenvalue weighted by Gasteiger charge is 2.19. The van der Waals surface area contributed by atoms with E-state index in [1.54, 1.807) is 6.20 Å². The van der Waals surface area contributed by atoms with Crippen LogP contribution in [0.5, 0.6) is 0 Å². The van der Waals surface area contributed by atoms with Gasteiger partial charge in [-0.05, 0) is 30.9 Å². The number of nitrogens with zero attached hydrogens (tertiary/aromatic N) is 1. The maximum Gasteiger partial charge on any atom is 0.142 e. The van der Waals surface area contributed by atoms with Crippen LogP contribution in [0, 0.1) is 0 Å². The van der Waals surface area contributed by atoms with E-state index in [9.17, 15) is 4.39 Å². The van der Waals surface area contributed by atoms with Crippen LogP contribution in [-0.2, 0) is 6.42 Å². The molecule has 1 aromatic heterocycles. The Hall–Kier alpha value is -0.920. The molecule has 2 heteroatoms. The summed E-state index contributed by atoms with van der Waals surface area (Å²) < 4.78 is 13.1. The highest BCUT2D eigenvalue weighted by Crippen LogP contribution is 2.30. The lowest BCUT2D eigenvalue weighted by Crippen LogP contribution is -2.07. The number of hydrogen-bond donors (Lipinski definition) is 0. The Bertz CT molecular complexity index is 259. The zero-order valence-electron chi connectivity index (χ0n) is 6.26. The largest absolute Gasteiger partial charge is 0.258 e. The molecule has 1 aromatic rings. The summed E-state index contributed by atoms with van der Waals surface area (Å²) in [6, 6.07) is 3.84. The van der Waals surface area contributed by atoms with E-state index in [-0.39, 0.29) is 0 Å². The molecule has 0 radical (unpaired) electrons. The van der Waals surface area contributed by atoms with Gasteiger partial charge < -0.3 is 0 Å². The summed E-state index contributed by atoms with van der Waals surface area (Å²) in [5, 5.41) is 0. The van der Waals surface area contributed by atoms with Crippen molar-refractivity contribution in [2.24, 2.45) is 0 Å². The molecule has 0 saturated heterocycles. The topological polar surface area (TPSA) is 12.9 Å². The Morgan fingerprint density at radius 1 is 1.55 bits per heavy atom. The average molecular weight is 151 g/mol. The second kappa shape index (κ2) is 2.61. The smallest absolute Gasteiger partial charge is 0.142 e. The number of pyridine rings is 1. The SMILES string of the molecule is F[C@H]1CCCc2cccnc21. The number of hydrogen-bond acceptors (Lipinski definition) is 1. The molecule has 0 N–H and O–H groups in total. The molecular weight excluding hydrogens is 141 g/mol. The van der Waals surface area contributed by atoms with E-state index in [1.807, 2.05) is 12.1 Å². The maximum absolute atomic E-state index is 13.1. The van der Waals surface area contributed by atoms with Crippen molar-refractivity contribution in [1.82, 2.24) is 4.98 Å². The van der Waals surface area contributed by atoms with Gasteiger partial charge in [-0.15, -0.1) is 0 Å². The van der Waals surface area contributed by atoms with E-state index < -0.39 is 6.17 Å². The lowest BCUT2D eigenvalue weighted by molar-refractivity contribution is 0.294. The van der Waals surface area contributed by atoms with Gasteiger partial charge in [0.05, 0.1) is 5.69 Å². The van der Waals surface area contributed by atoms with Gasteiger partial charge in [-0.3, -0.25) is 4.98 Å². The fourth-order valence-corrected chi connectivity index (χ4v) is 1.55. The van der Waals surface area contributed by atoms with Crippen molar-refractivity contribution in [3.05, 3.63) is 29.6 Å². The first-order valence-corrected chi connectivity index (χ1v) is 3.96. The summed E-state index contributed by atoms with van der Waals surface area (Å²) in [6.07, 6.45) is 3.43. The second-order valence-corrected chi connectivity index (χ2v) is 2.91. The number of halogens is 1. The molecule has 0 amide bonds. The van der Waals surface area contributed by atoms with E-state index in [1.165, 1.54) is 0 Å². The van der Waals surface area contributed by atoms with Gasteiger partial charge in [-0.1, -0.05) is 6.07 Å². The quantitative estimate of drug-likeness (QED) is 0.555. The number of rotatable bonds is 0. The lowest BCUT2D eigenvalue weighted by atomic mass is 9.95. The molecule has 2 rings (SSSR count). The van der Waals surface area contributed by atoms with Crippen LogP contribution in [0.1, 0.15) is 30.3 Å². The number of aryl methyl sites for hydroxylation is 1. The van der Waals surface area contributed by atoms with Gasteiger partial charge >= 0.3 is 0 Å². The zero-order chi connectivity index (χ0) is 7.68. The normalized spacial score (nSPS) is 22.8. The van der Waals surface area contributed by atoms with Crippen molar-refractivity contribution in [2.45, 2.75) is 25.4 Å². The predicted molar refractivity (Wildman–Crippen MR) is 41.0 cm³/mol. The summed E-state index contributed by atoms with van der Waals surface area (Å²) >= 11 is 0. The van der Waals surface area contributed by atoms with E-state index >= 15 is 0 Å². The highest BCUT2D eigenvalue weighted by molar-refractivity contribution is 5.24. The molecule has 0 spiro atoms. The van der Waals surface area contributed by atoms with Gasteiger partial charge in [0.2, 0.25) is 0 Å². The minimum atomic E-state index is -0.819. The van der Waals surface area contributed by atoms with Crippen LogP contribution >= 0.6 is 0 Å². The standard InChI is InChI=1S/C9H10FN/c10-8-5-1-3-7-4-2-6-11-9(7)8/h2,4,6,8H,1,3,5H2/t8-/m0/s1. The minimum Gasteiger partial charge on any atom is -0.258 e. The predicted octanol–water partition coefficient (Wildman–Crippen LogP) is 2.43. The molecule has 1 atom stereocenters. The van der Waals surface area contributed by atoms with Gasteiger partial charge in [0.15, 0.2) is 0 Å². The van der Waals surface area contributed by atoms with Crippen LogP contribution in [0.2, 0.25) is 0 Å². The van der Waals surface area contributed by atoms with Gasteiger partial charge in [-0.25, -0.2) is 4.39 Å². The molecule has 0 unspecified atom stereocenters. The van der Waals surface area contributed by atoms with Crippen molar-refractivity contribution in [3.8, 4) is 0 Å². The second-order valence-electron chi connectivity index (χ2n) is 2.91. The Morgan fingerprint density at radius 3 is 3.27 bits per heavy atom. The Balaban J connectivity index is 2.44. The molecule has 0 aromatic carbocycles. The van der Waals surface area contributed by atoms with Crippen molar-refractivity contribution in [2.75, 3.05) is 0 Å². The molecule has 11 heavy (non-hydrogen) atoms. The molecule has 0 fully saturated rings. The van der Waals surface area contributed by atoms with Gasteiger partial charge in [0.1, 0.15) is 6.17 Å². The van der Waals surface area contributed by atoms with Crippen LogP contribution in [0.3, 0.4) is 0 Å². The molecule has 1 nitrogen and oxygen atoms in total. The van der Waals surface area contributed by atoms with Crippen molar-refractivity contribution < 1.29 is 4.39 Å². The third-order valence-corrected chi connectivity index (χ3v) is 2.13. The third-order valence-electron chi connectivity index (χ3n) is 2.13. The lowest BCUT2D eigenvalue weighted by Gasteiger charge is -2.17. The van der Waals surface area contributed by atoms with Crippen molar-refractivity contribution in [1.29, 1.82) is 0 Å². The van der Waals surface area contributed by atoms with Gasteiger partial charge in [-0.2, -0.15) is 0 Å². The van der Waals surface area contributed by atoms with Crippen LogP contribution < -0.4 is 0 Å². The van der Waals surface area contributed by atoms with E-state index in [0.29, 0.717) is 12.1 Å². The summed E-state index contributed by atoms with van der Waals surface area (Å²) in [7, 11) is 0. The first-order valence-electron chi connectivity index (χ1n) is 3.96. The van der Waals surface area contributed by atoms with Crippen LogP contribution in [0.4, 0.5) is 4.39 Å². The van der Waals surface area contributed by atoms with Crippen molar-refractivity contribution >= 4 is 0 Å². The third kappa shape index (κ3) is 1.13. The molecule has 1 aliphatic carbocycles. The molecule has 1 aliphatic rings. The number of fused-ring (bicyclic) bond motifs is 1. The van der Waals surface area contributed by atoms with Crippen LogP contribution in [-0.4, -0.2) is 4.98 Å². The molecule has 0 saturated carbocycles. The van der Waals surface area contributed by atoms with Crippen LogP contribution in [0.25, 0.3) is 0 Å². The van der Waals surface area contributed by atoms with Gasteiger partial charge in [0.25, 0.3) is 0 Å². The molecule has 0 bridgehead atoms. The Morgan fingerprint density at radius 2 is 2.45 bits per heavy atom. The van der Waals surface area contributed by atoms with Gasteiger partial charge in [0, 0.05) is 6.20 Å². The molecular formula is C9H10FN. The first kappa shape index (κ1) is 6.77. The van der Waals surface area contributed by atoms with E-state index in [2.05, 4.69) is 4.98 Å². The minimum absolute atomic E-state index is 0.643. The van der Waals surface area contributed by atoms with E-state index in [0.717, 1.165) is 18.4 Å². The average Bonchev–Trinajstić information content (AvgIpc) is 2.06. The summed E-state index contributed by atoms with van der Waals surface area (Å²) in [5.41, 5.74) is 1.75. The molecule has 0 aliphatic heterocycles. The highest BCUT2D eigenvalue weighted by atomic mass is 19.1. The summed E-state index contributed by atoms with van der Waals surface area (Å²) in [4.78, 5) is 4.03. The number of alkyl halides is 1. The summed E-state index contributed by atoms with van der Waals surface area (Å²) in [5.74, 6) is 0. The Kier molecular flexibility index (Phi) is 1.60. The summed E-state index contributed by atoms with van der Waals surface area (Å²) in [6.45, 7) is 0. The molecule has 58 valence electrons. The fraction of sp³-hybridized carbons (Fsp3) is 0.444. The maximum atomic E-state index is 13.1. The Labute approximate surface area is 65.3 Å². The monoisotopic (exact) mass is 151 g/mol. The fourth-order valence-electron chi connectivity index (χ4n) is 1.55. The van der Waals surface area contributed by atoms with Crippen molar-refractivity contribution in [3.63, 3.8) is 0 Å². The molecule has 1 heterocycles. The first-order chi connectivity index (χ1) is 5.38. The number of aromatic nitrogens is 1.